The van der Waals surface area contributed by atoms with Gasteiger partial charge < -0.3 is 10.1 Å². The summed E-state index contributed by atoms with van der Waals surface area (Å²) >= 11 is 7.93. The van der Waals surface area contributed by atoms with E-state index in [0.29, 0.717) is 0 Å². The Balaban J connectivity index is 2.82. The Bertz CT molecular complexity index is 316. The first kappa shape index (κ1) is 15.0. The quantitative estimate of drug-likeness (QED) is 0.765. The fourth-order valence-electron chi connectivity index (χ4n) is 1.88. The standard InChI is InChI=1S/C13H22ClNOS/c1-4-8-15-12(11(5-2)16-6-3)13-10(14)7-9-17-13/h7,9,11-12,15H,4-6,8H2,1-3H3. The van der Waals surface area contributed by atoms with Crippen LogP contribution < -0.4 is 5.32 Å². The van der Waals surface area contributed by atoms with Crippen LogP contribution in [0.2, 0.25) is 5.02 Å². The molecule has 0 aromatic carbocycles. The Morgan fingerprint density at radius 3 is 2.65 bits per heavy atom. The first-order chi connectivity index (χ1) is 8.24. The lowest BCUT2D eigenvalue weighted by atomic mass is 10.1. The van der Waals surface area contributed by atoms with E-state index in [0.717, 1.165) is 31.0 Å². The Kier molecular flexibility index (Phi) is 7.12. The van der Waals surface area contributed by atoms with Gasteiger partial charge in [-0.3, -0.25) is 0 Å². The van der Waals surface area contributed by atoms with Crippen LogP contribution in [0.25, 0.3) is 0 Å². The molecule has 0 fully saturated rings. The highest BCUT2D eigenvalue weighted by atomic mass is 35.5. The number of nitrogens with one attached hydrogen (secondary N) is 1. The van der Waals surface area contributed by atoms with Crippen molar-refractivity contribution in [3.63, 3.8) is 0 Å². The van der Waals surface area contributed by atoms with Crippen LogP contribution in [0.15, 0.2) is 11.4 Å². The fraction of sp³-hybridized carbons (Fsp3) is 0.692. The van der Waals surface area contributed by atoms with Gasteiger partial charge in [0.25, 0.3) is 0 Å². The van der Waals surface area contributed by atoms with Crippen LogP contribution in [-0.2, 0) is 4.74 Å². The Hall–Kier alpha value is -0.0900. The number of hydrogen-bond donors (Lipinski definition) is 1. The van der Waals surface area contributed by atoms with Crippen molar-refractivity contribution >= 4 is 22.9 Å². The van der Waals surface area contributed by atoms with E-state index in [1.807, 2.05) is 18.4 Å². The van der Waals surface area contributed by atoms with Crippen LogP contribution >= 0.6 is 22.9 Å². The lowest BCUT2D eigenvalue weighted by Crippen LogP contribution is -2.33. The zero-order valence-corrected chi connectivity index (χ0v) is 12.4. The number of halogens is 1. The minimum atomic E-state index is 0.197. The predicted molar refractivity (Wildman–Crippen MR) is 76.1 cm³/mol. The fourth-order valence-corrected chi connectivity index (χ4v) is 3.19. The first-order valence-electron chi connectivity index (χ1n) is 6.32. The Labute approximate surface area is 113 Å². The molecular formula is C13H22ClNOS. The normalized spacial score (nSPS) is 14.8. The van der Waals surface area contributed by atoms with Gasteiger partial charge >= 0.3 is 0 Å². The van der Waals surface area contributed by atoms with Crippen LogP contribution in [0.4, 0.5) is 0 Å². The molecule has 0 spiro atoms. The molecule has 0 aliphatic carbocycles. The maximum atomic E-state index is 6.23. The van der Waals surface area contributed by atoms with Crippen molar-refractivity contribution in [1.29, 1.82) is 0 Å². The first-order valence-corrected chi connectivity index (χ1v) is 7.58. The highest BCUT2D eigenvalue weighted by molar-refractivity contribution is 7.10. The zero-order chi connectivity index (χ0) is 12.7. The molecule has 1 aromatic heterocycles. The van der Waals surface area contributed by atoms with Gasteiger partial charge in [0, 0.05) is 11.5 Å². The minimum absolute atomic E-state index is 0.197. The van der Waals surface area contributed by atoms with Crippen LogP contribution in [0, 0.1) is 0 Å². The van der Waals surface area contributed by atoms with Crippen molar-refractivity contribution < 1.29 is 4.74 Å². The summed E-state index contributed by atoms with van der Waals surface area (Å²) in [6, 6.07) is 2.17. The molecule has 2 atom stereocenters. The van der Waals surface area contributed by atoms with E-state index < -0.39 is 0 Å². The number of thiophene rings is 1. The van der Waals surface area contributed by atoms with Crippen LogP contribution in [0.1, 0.15) is 44.5 Å². The summed E-state index contributed by atoms with van der Waals surface area (Å²) in [6.07, 6.45) is 2.30. The molecule has 1 rings (SSSR count). The van der Waals surface area contributed by atoms with E-state index in [4.69, 9.17) is 16.3 Å². The van der Waals surface area contributed by atoms with Crippen molar-refractivity contribution in [2.45, 2.75) is 45.8 Å². The maximum Gasteiger partial charge on any atom is 0.0775 e. The zero-order valence-electron chi connectivity index (χ0n) is 10.8. The van der Waals surface area contributed by atoms with E-state index in [-0.39, 0.29) is 12.1 Å². The number of hydrogen-bond acceptors (Lipinski definition) is 3. The SMILES string of the molecule is CCCNC(c1sccc1Cl)C(CC)OCC. The van der Waals surface area contributed by atoms with E-state index in [2.05, 4.69) is 19.2 Å². The lowest BCUT2D eigenvalue weighted by Gasteiger charge is -2.26. The lowest BCUT2D eigenvalue weighted by molar-refractivity contribution is 0.0323. The summed E-state index contributed by atoms with van der Waals surface area (Å²) in [5.74, 6) is 0. The third-order valence-electron chi connectivity index (χ3n) is 2.70. The van der Waals surface area contributed by atoms with Crippen molar-refractivity contribution in [2.24, 2.45) is 0 Å². The number of rotatable bonds is 8. The van der Waals surface area contributed by atoms with E-state index in [1.165, 1.54) is 4.88 Å². The van der Waals surface area contributed by atoms with Gasteiger partial charge in [0.1, 0.15) is 0 Å². The van der Waals surface area contributed by atoms with Gasteiger partial charge in [-0.25, -0.2) is 0 Å². The third-order valence-corrected chi connectivity index (χ3v) is 4.14. The largest absolute Gasteiger partial charge is 0.377 e. The van der Waals surface area contributed by atoms with Gasteiger partial charge in [0.15, 0.2) is 0 Å². The molecule has 0 saturated heterocycles. The molecule has 2 unspecified atom stereocenters. The van der Waals surface area contributed by atoms with E-state index >= 15 is 0 Å². The minimum Gasteiger partial charge on any atom is -0.377 e. The highest BCUT2D eigenvalue weighted by Gasteiger charge is 2.24. The molecule has 17 heavy (non-hydrogen) atoms. The Morgan fingerprint density at radius 2 is 2.18 bits per heavy atom. The molecule has 2 nitrogen and oxygen atoms in total. The van der Waals surface area contributed by atoms with Crippen molar-refractivity contribution in [1.82, 2.24) is 5.32 Å². The molecule has 0 amide bonds. The van der Waals surface area contributed by atoms with Gasteiger partial charge in [-0.1, -0.05) is 25.4 Å². The van der Waals surface area contributed by atoms with Gasteiger partial charge in [-0.2, -0.15) is 0 Å². The molecule has 0 saturated carbocycles. The molecule has 0 aliphatic heterocycles. The van der Waals surface area contributed by atoms with Crippen molar-refractivity contribution in [3.8, 4) is 0 Å². The molecule has 1 aromatic rings. The second-order valence-corrected chi connectivity index (χ2v) is 5.32. The predicted octanol–water partition coefficient (Wildman–Crippen LogP) is 4.26. The van der Waals surface area contributed by atoms with Gasteiger partial charge in [-0.05, 0) is 37.8 Å². The summed E-state index contributed by atoms with van der Waals surface area (Å²) in [5, 5.41) is 6.44. The molecule has 0 radical (unpaired) electrons. The van der Waals surface area contributed by atoms with Crippen LogP contribution in [-0.4, -0.2) is 19.3 Å². The monoisotopic (exact) mass is 275 g/mol. The third kappa shape index (κ3) is 4.25. The van der Waals surface area contributed by atoms with Crippen molar-refractivity contribution in [3.05, 3.63) is 21.3 Å². The molecule has 1 heterocycles. The van der Waals surface area contributed by atoms with Crippen LogP contribution in [0.5, 0.6) is 0 Å². The van der Waals surface area contributed by atoms with E-state index in [1.54, 1.807) is 11.3 Å². The second-order valence-electron chi connectivity index (χ2n) is 3.97. The summed E-state index contributed by atoms with van der Waals surface area (Å²) in [5.41, 5.74) is 0. The molecule has 0 bridgehead atoms. The average Bonchev–Trinajstić information content (AvgIpc) is 2.75. The van der Waals surface area contributed by atoms with Gasteiger partial charge in [0.2, 0.25) is 0 Å². The summed E-state index contributed by atoms with van der Waals surface area (Å²) < 4.78 is 5.81. The molecule has 0 aliphatic rings. The topological polar surface area (TPSA) is 21.3 Å². The second kappa shape index (κ2) is 8.09. The molecule has 1 N–H and O–H groups in total. The number of ether oxygens (including phenoxy) is 1. The summed E-state index contributed by atoms with van der Waals surface area (Å²) in [4.78, 5) is 1.19. The van der Waals surface area contributed by atoms with E-state index in [9.17, 15) is 0 Å². The van der Waals surface area contributed by atoms with Crippen molar-refractivity contribution in [2.75, 3.05) is 13.2 Å². The molecule has 4 heteroatoms. The average molecular weight is 276 g/mol. The van der Waals surface area contributed by atoms with Gasteiger partial charge in [-0.15, -0.1) is 11.3 Å². The van der Waals surface area contributed by atoms with Crippen LogP contribution in [0.3, 0.4) is 0 Å². The Morgan fingerprint density at radius 1 is 1.41 bits per heavy atom. The summed E-state index contributed by atoms with van der Waals surface area (Å²) in [6.45, 7) is 8.09. The molecular weight excluding hydrogens is 254 g/mol. The van der Waals surface area contributed by atoms with Gasteiger partial charge in [0.05, 0.1) is 17.2 Å². The smallest absolute Gasteiger partial charge is 0.0775 e. The summed E-state index contributed by atoms with van der Waals surface area (Å²) in [7, 11) is 0. The maximum absolute atomic E-state index is 6.23. The molecule has 98 valence electrons. The highest BCUT2D eigenvalue weighted by Crippen LogP contribution is 2.32.